The lowest BCUT2D eigenvalue weighted by molar-refractivity contribution is -0.140. The lowest BCUT2D eigenvalue weighted by atomic mass is 10.0. The van der Waals surface area contributed by atoms with Gasteiger partial charge in [0.25, 0.3) is 5.89 Å². The molecule has 0 radical (unpaired) electrons. The predicted molar refractivity (Wildman–Crippen MR) is 137 cm³/mol. The van der Waals surface area contributed by atoms with Crippen molar-refractivity contribution in [2.45, 2.75) is 32.0 Å². The molecule has 0 spiro atoms. The van der Waals surface area contributed by atoms with Crippen LogP contribution >= 0.6 is 11.3 Å². The van der Waals surface area contributed by atoms with E-state index in [4.69, 9.17) is 4.42 Å². The van der Waals surface area contributed by atoms with Crippen LogP contribution in [0.1, 0.15) is 25.5 Å². The number of anilines is 2. The van der Waals surface area contributed by atoms with Crippen molar-refractivity contribution < 1.29 is 27.5 Å². The second-order valence-electron chi connectivity index (χ2n) is 8.71. The van der Waals surface area contributed by atoms with Crippen molar-refractivity contribution in [3.8, 4) is 33.2 Å². The highest BCUT2D eigenvalue weighted by Crippen LogP contribution is 2.39. The van der Waals surface area contributed by atoms with Crippen LogP contribution in [0.25, 0.3) is 33.2 Å². The van der Waals surface area contributed by atoms with E-state index in [2.05, 4.69) is 35.8 Å². The summed E-state index contributed by atoms with van der Waals surface area (Å²) in [5.41, 5.74) is 0.769. The number of carbonyl (C=O) groups excluding carboxylic acids is 1. The molecule has 0 unspecified atom stereocenters. The van der Waals surface area contributed by atoms with Gasteiger partial charge < -0.3 is 19.7 Å². The number of urea groups is 1. The third-order valence-electron chi connectivity index (χ3n) is 5.95. The molecule has 5 rings (SSSR count). The number of hydrogen-bond donors (Lipinski definition) is 3. The number of alkyl halides is 3. The largest absolute Gasteiger partial charge is 0.434 e. The predicted octanol–water partition coefficient (Wildman–Crippen LogP) is 4.44. The van der Waals surface area contributed by atoms with Crippen LogP contribution < -0.4 is 15.5 Å². The molecule has 4 aromatic rings. The van der Waals surface area contributed by atoms with Gasteiger partial charge in [-0.15, -0.1) is 16.4 Å². The van der Waals surface area contributed by atoms with Gasteiger partial charge in [0.2, 0.25) is 0 Å². The van der Waals surface area contributed by atoms with E-state index in [1.54, 1.807) is 13.0 Å². The van der Waals surface area contributed by atoms with E-state index in [1.807, 2.05) is 4.90 Å². The lowest BCUT2D eigenvalue weighted by Gasteiger charge is -2.27. The minimum Gasteiger partial charge on any atom is -0.403 e. The number of piperidine rings is 1. The quantitative estimate of drug-likeness (QED) is 0.312. The molecule has 4 aromatic heterocycles. The summed E-state index contributed by atoms with van der Waals surface area (Å²) in [4.78, 5) is 26.2. The Morgan fingerprint density at radius 1 is 1.15 bits per heavy atom. The molecule has 3 N–H and O–H groups in total. The molecule has 15 heteroatoms. The third-order valence-corrected chi connectivity index (χ3v) is 6.83. The Labute approximate surface area is 224 Å². The summed E-state index contributed by atoms with van der Waals surface area (Å²) in [7, 11) is 0. The molecular formula is C24H23F3N8O3S. The first-order valence-electron chi connectivity index (χ1n) is 12.0. The molecule has 1 aliphatic rings. The first-order chi connectivity index (χ1) is 18.7. The first-order valence-corrected chi connectivity index (χ1v) is 12.9. The molecule has 0 saturated carbocycles. The molecule has 0 aliphatic carbocycles. The van der Waals surface area contributed by atoms with Crippen molar-refractivity contribution >= 4 is 29.2 Å². The minimum absolute atomic E-state index is 0.0939. The number of aliphatic hydroxyl groups is 1. The van der Waals surface area contributed by atoms with Gasteiger partial charge in [-0.25, -0.2) is 14.8 Å². The average molecular weight is 561 g/mol. The molecule has 5 heterocycles. The zero-order valence-electron chi connectivity index (χ0n) is 20.6. The van der Waals surface area contributed by atoms with Gasteiger partial charge in [-0.05, 0) is 31.9 Å². The third kappa shape index (κ3) is 5.98. The Morgan fingerprint density at radius 3 is 2.64 bits per heavy atom. The number of pyridine rings is 2. The number of carbonyl (C=O) groups is 1. The van der Waals surface area contributed by atoms with Gasteiger partial charge in [0.15, 0.2) is 5.69 Å². The minimum atomic E-state index is -4.60. The van der Waals surface area contributed by atoms with Crippen molar-refractivity contribution in [2.75, 3.05) is 29.9 Å². The van der Waals surface area contributed by atoms with Crippen LogP contribution in [0.2, 0.25) is 0 Å². The standard InChI is InChI=1S/C24H23F3N8O3S/c1-2-29-22(37)32-19-8-16(21-31-18(12-39-21)24(25,26)27)17(11-30-19)13-7-14(10-28-9-13)20-33-34-23(38-20)35-5-3-15(36)4-6-35/h7-12,15,36H,2-6H2,1H3,(H2,29,30,32,37). The van der Waals surface area contributed by atoms with Gasteiger partial charge >= 0.3 is 18.2 Å². The number of nitrogens with zero attached hydrogens (tertiary/aromatic N) is 6. The van der Waals surface area contributed by atoms with Crippen LogP contribution in [-0.4, -0.2) is 62.0 Å². The highest BCUT2D eigenvalue weighted by molar-refractivity contribution is 7.13. The fourth-order valence-corrected chi connectivity index (χ4v) is 4.86. The maximum Gasteiger partial charge on any atom is 0.434 e. The van der Waals surface area contributed by atoms with Crippen LogP contribution in [0.4, 0.5) is 29.8 Å². The number of halogens is 3. The number of aliphatic hydroxyl groups excluding tert-OH is 1. The van der Waals surface area contributed by atoms with Crippen LogP contribution in [0.3, 0.4) is 0 Å². The molecule has 1 aliphatic heterocycles. The van der Waals surface area contributed by atoms with Crippen LogP contribution in [0.15, 0.2) is 40.5 Å². The van der Waals surface area contributed by atoms with Gasteiger partial charge in [0, 0.05) is 60.3 Å². The van der Waals surface area contributed by atoms with Crippen molar-refractivity contribution in [3.63, 3.8) is 0 Å². The van der Waals surface area contributed by atoms with Crippen molar-refractivity contribution in [1.29, 1.82) is 0 Å². The maximum absolute atomic E-state index is 13.3. The molecule has 0 atom stereocenters. The van der Waals surface area contributed by atoms with Crippen LogP contribution in [-0.2, 0) is 6.18 Å². The number of aromatic nitrogens is 5. The van der Waals surface area contributed by atoms with E-state index in [9.17, 15) is 23.1 Å². The topological polar surface area (TPSA) is 142 Å². The van der Waals surface area contributed by atoms with Gasteiger partial charge in [0.05, 0.1) is 11.7 Å². The second kappa shape index (κ2) is 10.9. The van der Waals surface area contributed by atoms with Crippen molar-refractivity contribution in [1.82, 2.24) is 30.5 Å². The Balaban J connectivity index is 1.50. The van der Waals surface area contributed by atoms with E-state index in [0.717, 1.165) is 16.7 Å². The monoisotopic (exact) mass is 560 g/mol. The van der Waals surface area contributed by atoms with Crippen molar-refractivity contribution in [2.24, 2.45) is 0 Å². The summed E-state index contributed by atoms with van der Waals surface area (Å²) in [6, 6.07) is 3.00. The molecule has 0 bridgehead atoms. The molecule has 2 amide bonds. The molecule has 1 saturated heterocycles. The molecule has 0 aromatic carbocycles. The van der Waals surface area contributed by atoms with E-state index in [1.165, 1.54) is 24.7 Å². The number of amides is 2. The normalized spacial score (nSPS) is 14.4. The highest BCUT2D eigenvalue weighted by atomic mass is 32.1. The maximum atomic E-state index is 13.3. The van der Waals surface area contributed by atoms with Gasteiger partial charge in [-0.3, -0.25) is 10.3 Å². The Bertz CT molecular complexity index is 1470. The zero-order chi connectivity index (χ0) is 27.6. The summed E-state index contributed by atoms with van der Waals surface area (Å²) in [6.07, 6.45) is 0.745. The SMILES string of the molecule is CCNC(=O)Nc1cc(-c2nc(C(F)(F)F)cs2)c(-c2cncc(-c3nnc(N4CCC(O)CC4)o3)c2)cn1. The van der Waals surface area contributed by atoms with Crippen LogP contribution in [0.5, 0.6) is 0 Å². The summed E-state index contributed by atoms with van der Waals surface area (Å²) >= 11 is 0.824. The summed E-state index contributed by atoms with van der Waals surface area (Å²) in [5.74, 6) is 0.351. The average Bonchev–Trinajstić information content (AvgIpc) is 3.60. The van der Waals surface area contributed by atoms with Crippen LogP contribution in [0, 0.1) is 0 Å². The van der Waals surface area contributed by atoms with E-state index >= 15 is 0 Å². The Morgan fingerprint density at radius 2 is 1.92 bits per heavy atom. The van der Waals surface area contributed by atoms with Gasteiger partial charge in [0.1, 0.15) is 10.8 Å². The fraction of sp³-hybridized carbons (Fsp3) is 0.333. The smallest absolute Gasteiger partial charge is 0.403 e. The fourth-order valence-electron chi connectivity index (χ4n) is 4.00. The molecule has 39 heavy (non-hydrogen) atoms. The number of rotatable bonds is 6. The highest BCUT2D eigenvalue weighted by Gasteiger charge is 2.34. The summed E-state index contributed by atoms with van der Waals surface area (Å²) in [5, 5.41) is 24.1. The van der Waals surface area contributed by atoms with E-state index < -0.39 is 17.9 Å². The number of thiazole rings is 1. The molecule has 1 fully saturated rings. The second-order valence-corrected chi connectivity index (χ2v) is 9.56. The van der Waals surface area contributed by atoms with Gasteiger partial charge in [-0.2, -0.15) is 13.2 Å². The zero-order valence-corrected chi connectivity index (χ0v) is 21.4. The number of nitrogens with one attached hydrogen (secondary N) is 2. The van der Waals surface area contributed by atoms with E-state index in [0.29, 0.717) is 60.7 Å². The molecular weight excluding hydrogens is 537 g/mol. The summed E-state index contributed by atoms with van der Waals surface area (Å²) < 4.78 is 45.7. The molecule has 204 valence electrons. The summed E-state index contributed by atoms with van der Waals surface area (Å²) in [6.45, 7) is 3.30. The molecule has 11 nitrogen and oxygen atoms in total. The Kier molecular flexibility index (Phi) is 7.43. The lowest BCUT2D eigenvalue weighted by Crippen LogP contribution is -2.35. The Hall–Kier alpha value is -4.11. The van der Waals surface area contributed by atoms with Gasteiger partial charge in [-0.1, -0.05) is 5.10 Å². The van der Waals surface area contributed by atoms with E-state index in [-0.39, 0.29) is 22.8 Å². The number of hydrogen-bond acceptors (Lipinski definition) is 10. The first kappa shape index (κ1) is 26.5. The van der Waals surface area contributed by atoms with Crippen molar-refractivity contribution in [3.05, 3.63) is 41.8 Å².